The molecule has 0 bridgehead atoms. The van der Waals surface area contributed by atoms with Gasteiger partial charge in [0.2, 0.25) is 5.91 Å². The Hall–Kier alpha value is -3.79. The largest absolute Gasteiger partial charge is 0.393 e. The number of fused-ring (bicyclic) bond motifs is 2. The minimum atomic E-state index is 0.00403. The van der Waals surface area contributed by atoms with Crippen molar-refractivity contribution in [2.24, 2.45) is 0 Å². The predicted octanol–water partition coefficient (Wildman–Crippen LogP) is 3.61. The van der Waals surface area contributed by atoms with Crippen LogP contribution in [0.2, 0.25) is 0 Å². The molecule has 2 heterocycles. The Bertz CT molecular complexity index is 1080. The molecular weight excluding hydrogens is 376 g/mol. The quantitative estimate of drug-likeness (QED) is 0.587. The fraction of sp³-hybridized carbons (Fsp3) is 0.261. The fourth-order valence-electron chi connectivity index (χ4n) is 4.14. The molecule has 30 heavy (non-hydrogen) atoms. The van der Waals surface area contributed by atoms with Crippen molar-refractivity contribution in [3.63, 3.8) is 0 Å². The highest BCUT2D eigenvalue weighted by Gasteiger charge is 2.25. The number of nitriles is 1. The number of carbonyl (C=O) groups is 1. The number of anilines is 4. The van der Waals surface area contributed by atoms with Crippen molar-refractivity contribution in [1.29, 1.82) is 10.7 Å². The molecular formula is C23H24N6O. The Morgan fingerprint density at radius 2 is 2.17 bits per heavy atom. The second-order valence-corrected chi connectivity index (χ2v) is 7.35. The van der Waals surface area contributed by atoms with E-state index in [2.05, 4.69) is 26.9 Å². The zero-order chi connectivity index (χ0) is 21.1. The number of rotatable bonds is 4. The molecule has 0 aliphatic carbocycles. The molecule has 0 saturated heterocycles. The Morgan fingerprint density at radius 3 is 2.93 bits per heavy atom. The van der Waals surface area contributed by atoms with Gasteiger partial charge in [-0.1, -0.05) is 6.07 Å². The summed E-state index contributed by atoms with van der Waals surface area (Å²) in [7, 11) is 1.78. The Kier molecular flexibility index (Phi) is 5.40. The Balaban J connectivity index is 1.84. The van der Waals surface area contributed by atoms with E-state index in [1.54, 1.807) is 13.2 Å². The summed E-state index contributed by atoms with van der Waals surface area (Å²) in [5.74, 6) is 0.00403. The van der Waals surface area contributed by atoms with Gasteiger partial charge in [0.05, 0.1) is 28.7 Å². The van der Waals surface area contributed by atoms with Crippen LogP contribution in [0.4, 0.5) is 22.7 Å². The molecule has 0 aromatic heterocycles. The summed E-state index contributed by atoms with van der Waals surface area (Å²) in [6, 6.07) is 12.1. The number of amides is 1. The molecule has 152 valence electrons. The summed E-state index contributed by atoms with van der Waals surface area (Å²) in [5, 5.41) is 26.9. The highest BCUT2D eigenvalue weighted by Crippen LogP contribution is 2.42. The van der Waals surface area contributed by atoms with Gasteiger partial charge in [0, 0.05) is 55.8 Å². The molecule has 2 aromatic carbocycles. The van der Waals surface area contributed by atoms with Gasteiger partial charge >= 0.3 is 0 Å². The summed E-state index contributed by atoms with van der Waals surface area (Å²) in [5.41, 5.74) is 6.80. The molecule has 7 heteroatoms. The van der Waals surface area contributed by atoms with Gasteiger partial charge in [0.15, 0.2) is 0 Å². The van der Waals surface area contributed by atoms with Crippen molar-refractivity contribution < 1.29 is 4.79 Å². The summed E-state index contributed by atoms with van der Waals surface area (Å²) in [4.78, 5) is 14.2. The van der Waals surface area contributed by atoms with Crippen LogP contribution in [0.1, 0.15) is 29.5 Å². The lowest BCUT2D eigenvalue weighted by Crippen LogP contribution is -2.26. The summed E-state index contributed by atoms with van der Waals surface area (Å²) in [6.45, 7) is 1.41. The number of nitrogens with one attached hydrogen (secondary N) is 4. The number of allylic oxidation sites excluding steroid dienone is 1. The first kappa shape index (κ1) is 19.5. The maximum atomic E-state index is 12.0. The normalized spacial score (nSPS) is 15.7. The van der Waals surface area contributed by atoms with Crippen molar-refractivity contribution >= 4 is 40.4 Å². The van der Waals surface area contributed by atoms with Crippen molar-refractivity contribution in [3.05, 3.63) is 53.2 Å². The van der Waals surface area contributed by atoms with Crippen LogP contribution in [0.15, 0.2) is 36.5 Å². The van der Waals surface area contributed by atoms with E-state index >= 15 is 0 Å². The first-order chi connectivity index (χ1) is 14.7. The summed E-state index contributed by atoms with van der Waals surface area (Å²) >= 11 is 0. The highest BCUT2D eigenvalue weighted by molar-refractivity contribution is 6.09. The molecule has 4 rings (SSSR count). The third-order valence-electron chi connectivity index (χ3n) is 5.49. The lowest BCUT2D eigenvalue weighted by Gasteiger charge is -2.34. The number of hydrogen-bond acceptors (Lipinski definition) is 6. The summed E-state index contributed by atoms with van der Waals surface area (Å²) in [6.07, 6.45) is 5.32. The van der Waals surface area contributed by atoms with Crippen molar-refractivity contribution in [2.45, 2.75) is 19.3 Å². The molecule has 7 nitrogen and oxygen atoms in total. The van der Waals surface area contributed by atoms with Crippen molar-refractivity contribution in [3.8, 4) is 6.07 Å². The van der Waals surface area contributed by atoms with E-state index in [4.69, 9.17) is 5.41 Å². The molecule has 2 aromatic rings. The Labute approximate surface area is 175 Å². The van der Waals surface area contributed by atoms with Gasteiger partial charge in [-0.2, -0.15) is 5.26 Å². The highest BCUT2D eigenvalue weighted by atomic mass is 16.1. The van der Waals surface area contributed by atoms with Gasteiger partial charge in [-0.25, -0.2) is 0 Å². The molecule has 0 fully saturated rings. The van der Waals surface area contributed by atoms with Gasteiger partial charge < -0.3 is 26.3 Å². The van der Waals surface area contributed by atoms with Crippen LogP contribution >= 0.6 is 0 Å². The first-order valence-electron chi connectivity index (χ1n) is 10.1. The predicted molar refractivity (Wildman–Crippen MR) is 120 cm³/mol. The zero-order valence-electron chi connectivity index (χ0n) is 16.9. The van der Waals surface area contributed by atoms with E-state index in [0.29, 0.717) is 24.1 Å². The zero-order valence-corrected chi connectivity index (χ0v) is 16.9. The Morgan fingerprint density at radius 1 is 1.30 bits per heavy atom. The maximum absolute atomic E-state index is 12.0. The van der Waals surface area contributed by atoms with Gasteiger partial charge in [-0.05, 0) is 42.7 Å². The molecule has 0 atom stereocenters. The van der Waals surface area contributed by atoms with Crippen LogP contribution < -0.4 is 20.9 Å². The van der Waals surface area contributed by atoms with Crippen molar-refractivity contribution in [2.75, 3.05) is 35.7 Å². The van der Waals surface area contributed by atoms with E-state index in [-0.39, 0.29) is 5.91 Å². The smallest absolute Gasteiger partial charge is 0.226 e. The second-order valence-electron chi connectivity index (χ2n) is 7.35. The number of para-hydroxylation sites is 1. The maximum Gasteiger partial charge on any atom is 0.226 e. The molecule has 2 aliphatic rings. The molecule has 1 amide bonds. The van der Waals surface area contributed by atoms with Gasteiger partial charge in [0.1, 0.15) is 0 Å². The molecule has 4 N–H and O–H groups in total. The van der Waals surface area contributed by atoms with Crippen LogP contribution in [0.5, 0.6) is 0 Å². The fourth-order valence-corrected chi connectivity index (χ4v) is 4.14. The van der Waals surface area contributed by atoms with E-state index < -0.39 is 0 Å². The van der Waals surface area contributed by atoms with E-state index in [1.165, 1.54) is 6.21 Å². The second kappa shape index (κ2) is 8.29. The van der Waals surface area contributed by atoms with E-state index in [0.717, 1.165) is 53.3 Å². The molecule has 0 radical (unpaired) electrons. The topological polar surface area (TPSA) is 104 Å². The lowest BCUT2D eigenvalue weighted by atomic mass is 9.92. The van der Waals surface area contributed by atoms with Crippen LogP contribution in [-0.4, -0.2) is 32.3 Å². The molecule has 0 spiro atoms. The number of carbonyl (C=O) groups excluding carboxylic acids is 1. The number of hydrogen-bond donors (Lipinski definition) is 4. The lowest BCUT2D eigenvalue weighted by molar-refractivity contribution is -0.115. The third-order valence-corrected chi connectivity index (χ3v) is 5.49. The minimum absolute atomic E-state index is 0.00403. The first-order valence-corrected chi connectivity index (χ1v) is 10.1. The number of aryl methyl sites for hydroxylation is 1. The van der Waals surface area contributed by atoms with Crippen molar-refractivity contribution in [1.82, 2.24) is 5.32 Å². The number of nitrogens with zero attached hydrogens (tertiary/aromatic N) is 2. The van der Waals surface area contributed by atoms with E-state index in [1.807, 2.05) is 30.3 Å². The van der Waals surface area contributed by atoms with Gasteiger partial charge in [-0.15, -0.1) is 0 Å². The van der Waals surface area contributed by atoms with Crippen LogP contribution in [-0.2, 0) is 11.2 Å². The summed E-state index contributed by atoms with van der Waals surface area (Å²) < 4.78 is 0. The standard InChI is InChI=1S/C23H24N6O/c1-26-14-17(13-25)18-10-15-4-3-9-29(21(15)11-16(18)12-24)20-6-2-5-19-23(20)27-8-7-22(30)28-19/h2,5-6,10-11,13-14,25-27H,3-4,7-9H2,1H3,(H,28,30)/b17-14+,25-13?. The minimum Gasteiger partial charge on any atom is -0.393 e. The molecule has 2 aliphatic heterocycles. The average molecular weight is 400 g/mol. The van der Waals surface area contributed by atoms with E-state index in [9.17, 15) is 10.1 Å². The molecule has 0 unspecified atom stereocenters. The molecule has 0 saturated carbocycles. The van der Waals surface area contributed by atoms with Gasteiger partial charge in [-0.3, -0.25) is 4.79 Å². The van der Waals surface area contributed by atoms with Crippen LogP contribution in [0, 0.1) is 16.7 Å². The SMILES string of the molecule is CN/C=C(\C=N)c1cc2c(cc1C#N)N(c1cccc3c1NCCC(=O)N3)CCC2. The van der Waals surface area contributed by atoms with Crippen LogP contribution in [0.3, 0.4) is 0 Å². The van der Waals surface area contributed by atoms with Gasteiger partial charge in [0.25, 0.3) is 0 Å². The monoisotopic (exact) mass is 400 g/mol. The third kappa shape index (κ3) is 3.48. The van der Waals surface area contributed by atoms with Crippen LogP contribution in [0.25, 0.3) is 5.57 Å². The average Bonchev–Trinajstić information content (AvgIpc) is 2.96. The number of benzene rings is 2.